The molecule has 1 atom stereocenters. The summed E-state index contributed by atoms with van der Waals surface area (Å²) < 4.78 is 21.1. The first kappa shape index (κ1) is 11.1. The van der Waals surface area contributed by atoms with Crippen LogP contribution in [-0.4, -0.2) is 23.0 Å². The summed E-state index contributed by atoms with van der Waals surface area (Å²) in [6.07, 6.45) is 0. The fourth-order valence-electron chi connectivity index (χ4n) is 1.72. The van der Waals surface area contributed by atoms with Gasteiger partial charge in [0.05, 0.1) is 33.8 Å². The van der Waals surface area contributed by atoms with Gasteiger partial charge in [0.2, 0.25) is 0 Å². The molecule has 1 aromatic carbocycles. The second-order valence-corrected chi connectivity index (χ2v) is 6.09. The van der Waals surface area contributed by atoms with Gasteiger partial charge in [0.25, 0.3) is 0 Å². The number of nitrogens with zero attached hydrogens (tertiary/aromatic N) is 1. The van der Waals surface area contributed by atoms with E-state index in [2.05, 4.69) is 9.10 Å². The predicted molar refractivity (Wildman–Crippen MR) is 60.9 cm³/mol. The van der Waals surface area contributed by atoms with Crippen molar-refractivity contribution in [3.05, 3.63) is 29.3 Å². The van der Waals surface area contributed by atoms with E-state index in [1.165, 1.54) is 7.11 Å². The lowest BCUT2D eigenvalue weighted by Gasteiger charge is -2.06. The van der Waals surface area contributed by atoms with Crippen LogP contribution in [0.25, 0.3) is 0 Å². The van der Waals surface area contributed by atoms with Gasteiger partial charge in [0.1, 0.15) is 0 Å². The standard InChI is InChI=1S/C11H13NO3S/c1-3-16(14)10-6-8(11(13)15-2)4-5-9(10)7-12-16/h4-6H,3,7H2,1-2H3. The highest BCUT2D eigenvalue weighted by Crippen LogP contribution is 2.28. The third-order valence-corrected chi connectivity index (χ3v) is 5.06. The summed E-state index contributed by atoms with van der Waals surface area (Å²) in [6.45, 7) is 2.31. The van der Waals surface area contributed by atoms with Crippen molar-refractivity contribution in [3.63, 3.8) is 0 Å². The maximum Gasteiger partial charge on any atom is 0.337 e. The molecular weight excluding hydrogens is 226 g/mol. The van der Waals surface area contributed by atoms with Crippen LogP contribution in [0.4, 0.5) is 0 Å². The molecule has 0 saturated carbocycles. The van der Waals surface area contributed by atoms with Crippen LogP contribution in [-0.2, 0) is 21.0 Å². The zero-order chi connectivity index (χ0) is 11.8. The molecule has 1 heterocycles. The number of rotatable bonds is 2. The van der Waals surface area contributed by atoms with Gasteiger partial charge < -0.3 is 4.74 Å². The molecule has 86 valence electrons. The lowest BCUT2D eigenvalue weighted by Crippen LogP contribution is -2.05. The molecule has 0 spiro atoms. The third-order valence-electron chi connectivity index (χ3n) is 2.67. The first-order valence-electron chi connectivity index (χ1n) is 5.02. The summed E-state index contributed by atoms with van der Waals surface area (Å²) in [4.78, 5) is 12.1. The van der Waals surface area contributed by atoms with Crippen LogP contribution in [0.5, 0.6) is 0 Å². The fraction of sp³-hybridized carbons (Fsp3) is 0.364. The van der Waals surface area contributed by atoms with E-state index < -0.39 is 15.7 Å². The van der Waals surface area contributed by atoms with E-state index in [0.717, 1.165) is 5.56 Å². The van der Waals surface area contributed by atoms with Crippen LogP contribution in [0.15, 0.2) is 27.5 Å². The normalized spacial score (nSPS) is 22.4. The number of benzene rings is 1. The Labute approximate surface area is 94.8 Å². The number of hydrogen-bond donors (Lipinski definition) is 0. The lowest BCUT2D eigenvalue weighted by molar-refractivity contribution is 0.0600. The molecule has 1 aliphatic rings. The van der Waals surface area contributed by atoms with Gasteiger partial charge >= 0.3 is 5.97 Å². The Morgan fingerprint density at radius 2 is 2.31 bits per heavy atom. The number of carbonyl (C=O) groups excluding carboxylic acids is 1. The van der Waals surface area contributed by atoms with Gasteiger partial charge in [-0.05, 0) is 17.7 Å². The summed E-state index contributed by atoms with van der Waals surface area (Å²) in [5.74, 6) is 0.0671. The number of methoxy groups -OCH3 is 1. The highest BCUT2D eigenvalue weighted by Gasteiger charge is 2.22. The topological polar surface area (TPSA) is 55.7 Å². The van der Waals surface area contributed by atoms with Crippen LogP contribution >= 0.6 is 0 Å². The van der Waals surface area contributed by atoms with E-state index >= 15 is 0 Å². The lowest BCUT2D eigenvalue weighted by atomic mass is 10.1. The largest absolute Gasteiger partial charge is 0.465 e. The predicted octanol–water partition coefficient (Wildman–Crippen LogP) is 1.83. The molecule has 1 unspecified atom stereocenters. The number of esters is 1. The van der Waals surface area contributed by atoms with Gasteiger partial charge in [-0.2, -0.15) is 0 Å². The van der Waals surface area contributed by atoms with E-state index in [1.54, 1.807) is 18.2 Å². The van der Waals surface area contributed by atoms with E-state index in [1.807, 2.05) is 6.92 Å². The third kappa shape index (κ3) is 1.61. The van der Waals surface area contributed by atoms with Crippen molar-refractivity contribution in [2.75, 3.05) is 12.9 Å². The smallest absolute Gasteiger partial charge is 0.337 e. The first-order valence-corrected chi connectivity index (χ1v) is 6.71. The molecule has 0 aliphatic carbocycles. The molecule has 0 radical (unpaired) electrons. The molecule has 1 aliphatic heterocycles. The molecule has 2 rings (SSSR count). The van der Waals surface area contributed by atoms with Gasteiger partial charge in [0.15, 0.2) is 0 Å². The molecule has 0 N–H and O–H groups in total. The zero-order valence-corrected chi connectivity index (χ0v) is 10.0. The zero-order valence-electron chi connectivity index (χ0n) is 9.23. The van der Waals surface area contributed by atoms with Crippen molar-refractivity contribution in [1.29, 1.82) is 0 Å². The van der Waals surface area contributed by atoms with Gasteiger partial charge in [-0.15, -0.1) is 0 Å². The number of ether oxygens (including phenoxy) is 1. The van der Waals surface area contributed by atoms with Crippen LogP contribution in [0, 0.1) is 0 Å². The summed E-state index contributed by atoms with van der Waals surface area (Å²) in [6, 6.07) is 5.12. The Morgan fingerprint density at radius 1 is 1.56 bits per heavy atom. The number of hydrogen-bond acceptors (Lipinski definition) is 4. The Hall–Kier alpha value is -1.36. The van der Waals surface area contributed by atoms with Crippen LogP contribution in [0.2, 0.25) is 0 Å². The fourth-order valence-corrected chi connectivity index (χ4v) is 3.55. The molecular formula is C11H13NO3S. The SMILES string of the molecule is CCS1(=O)=NCc2ccc(C(=O)OC)cc21. The minimum atomic E-state index is -2.30. The minimum absolute atomic E-state index is 0.410. The van der Waals surface area contributed by atoms with Gasteiger partial charge in [-0.25, -0.2) is 13.4 Å². The average molecular weight is 239 g/mol. The summed E-state index contributed by atoms with van der Waals surface area (Å²) in [5, 5.41) is 0. The number of fused-ring (bicyclic) bond motifs is 1. The highest BCUT2D eigenvalue weighted by atomic mass is 32.2. The van der Waals surface area contributed by atoms with Crippen molar-refractivity contribution in [2.24, 2.45) is 4.36 Å². The van der Waals surface area contributed by atoms with Gasteiger partial charge in [-0.1, -0.05) is 13.0 Å². The molecule has 0 aromatic heterocycles. The Kier molecular flexibility index (Phi) is 2.71. The first-order chi connectivity index (χ1) is 7.60. The average Bonchev–Trinajstić information content (AvgIpc) is 2.66. The van der Waals surface area contributed by atoms with E-state index in [4.69, 9.17) is 0 Å². The minimum Gasteiger partial charge on any atom is -0.465 e. The van der Waals surface area contributed by atoms with Crippen molar-refractivity contribution in [1.82, 2.24) is 0 Å². The Morgan fingerprint density at radius 3 is 2.94 bits per heavy atom. The van der Waals surface area contributed by atoms with Crippen molar-refractivity contribution in [2.45, 2.75) is 18.4 Å². The van der Waals surface area contributed by atoms with Crippen LogP contribution in [0.3, 0.4) is 0 Å². The maximum absolute atomic E-state index is 12.3. The second-order valence-electron chi connectivity index (χ2n) is 3.53. The quantitative estimate of drug-likeness (QED) is 0.740. The van der Waals surface area contributed by atoms with E-state index in [0.29, 0.717) is 22.8 Å². The molecule has 1 aromatic rings. The summed E-state index contributed by atoms with van der Waals surface area (Å²) in [7, 11) is -0.968. The van der Waals surface area contributed by atoms with Gasteiger partial charge in [-0.3, -0.25) is 0 Å². The monoisotopic (exact) mass is 239 g/mol. The van der Waals surface area contributed by atoms with Crippen LogP contribution in [0.1, 0.15) is 22.8 Å². The van der Waals surface area contributed by atoms with Crippen molar-refractivity contribution in [3.8, 4) is 0 Å². The Bertz CT molecular complexity index is 556. The van der Waals surface area contributed by atoms with Crippen molar-refractivity contribution >= 4 is 15.7 Å². The molecule has 0 fully saturated rings. The van der Waals surface area contributed by atoms with Crippen molar-refractivity contribution < 1.29 is 13.7 Å². The van der Waals surface area contributed by atoms with Crippen LogP contribution < -0.4 is 0 Å². The molecule has 4 nitrogen and oxygen atoms in total. The molecule has 16 heavy (non-hydrogen) atoms. The summed E-state index contributed by atoms with van der Waals surface area (Å²) in [5.41, 5.74) is 1.37. The number of carbonyl (C=O) groups is 1. The molecule has 5 heteroatoms. The molecule has 0 saturated heterocycles. The molecule has 0 bridgehead atoms. The van der Waals surface area contributed by atoms with E-state index in [9.17, 15) is 9.00 Å². The Balaban J connectivity index is 2.55. The maximum atomic E-state index is 12.3. The second kappa shape index (κ2) is 3.90. The highest BCUT2D eigenvalue weighted by molar-refractivity contribution is 7.93. The summed E-state index contributed by atoms with van der Waals surface area (Å²) >= 11 is 0. The van der Waals surface area contributed by atoms with E-state index in [-0.39, 0.29) is 0 Å². The van der Waals surface area contributed by atoms with Gasteiger partial charge in [0, 0.05) is 5.75 Å². The molecule has 0 amide bonds.